The predicted octanol–water partition coefficient (Wildman–Crippen LogP) is 6.57. The topological polar surface area (TPSA) is 94.4 Å². The Morgan fingerprint density at radius 1 is 0.946 bits per heavy atom. The van der Waals surface area contributed by atoms with Crippen molar-refractivity contribution < 1.29 is 9.59 Å². The molecule has 0 saturated heterocycles. The van der Waals surface area contributed by atoms with Crippen LogP contribution in [-0.2, 0) is 9.59 Å². The number of halogens is 1. The number of amides is 2. The van der Waals surface area contributed by atoms with Gasteiger partial charge in [-0.3, -0.25) is 9.59 Å². The van der Waals surface area contributed by atoms with Crippen molar-refractivity contribution in [2.24, 2.45) is 10.9 Å². The molecule has 3 aromatic rings. The Morgan fingerprint density at radius 2 is 1.57 bits per heavy atom. The van der Waals surface area contributed by atoms with Crippen LogP contribution in [0.2, 0.25) is 5.02 Å². The zero-order valence-electron chi connectivity index (χ0n) is 20.4. The van der Waals surface area contributed by atoms with Gasteiger partial charge in [0.05, 0.1) is 16.9 Å². The van der Waals surface area contributed by atoms with E-state index in [0.29, 0.717) is 32.7 Å². The van der Waals surface area contributed by atoms with Crippen LogP contribution < -0.4 is 10.6 Å². The second-order valence-electron chi connectivity index (χ2n) is 8.61. The molecule has 37 heavy (non-hydrogen) atoms. The van der Waals surface area contributed by atoms with Crippen LogP contribution in [0, 0.1) is 24.2 Å². The summed E-state index contributed by atoms with van der Waals surface area (Å²) < 4.78 is 0. The van der Waals surface area contributed by atoms with E-state index in [0.717, 1.165) is 11.1 Å². The van der Waals surface area contributed by atoms with E-state index >= 15 is 0 Å². The molecule has 1 aliphatic heterocycles. The normalized spacial score (nSPS) is 17.0. The van der Waals surface area contributed by atoms with Crippen LogP contribution in [0.15, 0.2) is 95.1 Å². The van der Waals surface area contributed by atoms with Crippen LogP contribution in [0.5, 0.6) is 0 Å². The summed E-state index contributed by atoms with van der Waals surface area (Å²) in [6, 6.07) is 26.1. The number of carbonyl (C=O) groups excluding carboxylic acids is 2. The number of hydrogen-bond acceptors (Lipinski definition) is 5. The van der Waals surface area contributed by atoms with Gasteiger partial charge in [0, 0.05) is 33.6 Å². The standard InChI is InChI=1S/C29H25ClN4O2S/c1-18-8-12-22(13-9-18)33-25(35)17-37-29-24(16-31)27(20-6-4-3-5-7-20)26(19(2)32-29)28(36)34-23-14-10-21(30)11-15-23/h3-15,24,27H,17H2,1-2H3,(H,33,35)(H,34,36). The third-order valence-corrected chi connectivity index (χ3v) is 7.21. The molecule has 2 N–H and O–H groups in total. The second-order valence-corrected chi connectivity index (χ2v) is 10.0. The zero-order valence-corrected chi connectivity index (χ0v) is 21.9. The van der Waals surface area contributed by atoms with Gasteiger partial charge in [0.2, 0.25) is 5.91 Å². The Labute approximate surface area is 225 Å². The number of nitrogens with one attached hydrogen (secondary N) is 2. The number of allylic oxidation sites excluding steroid dienone is 1. The lowest BCUT2D eigenvalue weighted by Gasteiger charge is -2.30. The Kier molecular flexibility index (Phi) is 8.44. The van der Waals surface area contributed by atoms with E-state index in [-0.39, 0.29) is 17.6 Å². The number of hydrogen-bond donors (Lipinski definition) is 2. The van der Waals surface area contributed by atoms with Gasteiger partial charge in [-0.1, -0.05) is 71.4 Å². The Hall–Kier alpha value is -3.86. The highest BCUT2D eigenvalue weighted by molar-refractivity contribution is 8.14. The van der Waals surface area contributed by atoms with Crippen molar-refractivity contribution in [2.75, 3.05) is 16.4 Å². The number of anilines is 2. The maximum atomic E-state index is 13.5. The lowest BCUT2D eigenvalue weighted by atomic mass is 9.78. The molecule has 0 radical (unpaired) electrons. The smallest absolute Gasteiger partial charge is 0.254 e. The van der Waals surface area contributed by atoms with E-state index in [9.17, 15) is 14.9 Å². The molecule has 0 aromatic heterocycles. The van der Waals surface area contributed by atoms with Crippen LogP contribution in [0.1, 0.15) is 24.0 Å². The molecule has 1 heterocycles. The molecule has 1 aliphatic rings. The van der Waals surface area contributed by atoms with Gasteiger partial charge in [-0.2, -0.15) is 5.26 Å². The van der Waals surface area contributed by atoms with Crippen molar-refractivity contribution in [3.8, 4) is 6.07 Å². The molecule has 6 nitrogen and oxygen atoms in total. The summed E-state index contributed by atoms with van der Waals surface area (Å²) in [7, 11) is 0. The number of nitrogens with zero attached hydrogens (tertiary/aromatic N) is 2. The predicted molar refractivity (Wildman–Crippen MR) is 151 cm³/mol. The first kappa shape index (κ1) is 26.2. The highest BCUT2D eigenvalue weighted by Crippen LogP contribution is 2.41. The first-order valence-electron chi connectivity index (χ1n) is 11.7. The highest BCUT2D eigenvalue weighted by Gasteiger charge is 2.39. The third-order valence-electron chi connectivity index (χ3n) is 5.91. The number of benzene rings is 3. The summed E-state index contributed by atoms with van der Waals surface area (Å²) >= 11 is 7.19. The molecule has 0 aliphatic carbocycles. The minimum absolute atomic E-state index is 0.0893. The Bertz CT molecular complexity index is 1390. The number of rotatable bonds is 6. The van der Waals surface area contributed by atoms with Gasteiger partial charge < -0.3 is 10.6 Å². The molecule has 2 unspecified atom stereocenters. The van der Waals surface area contributed by atoms with Crippen molar-refractivity contribution >= 4 is 51.6 Å². The molecular weight excluding hydrogens is 504 g/mol. The molecular formula is C29H25ClN4O2S. The fourth-order valence-electron chi connectivity index (χ4n) is 4.11. The van der Waals surface area contributed by atoms with Crippen LogP contribution in [0.4, 0.5) is 11.4 Å². The largest absolute Gasteiger partial charge is 0.325 e. The van der Waals surface area contributed by atoms with Gasteiger partial charge in [0.1, 0.15) is 5.92 Å². The van der Waals surface area contributed by atoms with Crippen LogP contribution in [-0.4, -0.2) is 22.6 Å². The van der Waals surface area contributed by atoms with Crippen molar-refractivity contribution in [1.29, 1.82) is 5.26 Å². The molecule has 3 aromatic carbocycles. The van der Waals surface area contributed by atoms with Gasteiger partial charge in [-0.25, -0.2) is 4.99 Å². The van der Waals surface area contributed by atoms with Gasteiger partial charge in [0.15, 0.2) is 0 Å². The zero-order chi connectivity index (χ0) is 26.4. The summed E-state index contributed by atoms with van der Waals surface area (Å²) in [5.74, 6) is -1.71. The quantitative estimate of drug-likeness (QED) is 0.378. The Balaban J connectivity index is 1.60. The van der Waals surface area contributed by atoms with Crippen molar-refractivity contribution in [2.45, 2.75) is 19.8 Å². The number of aryl methyl sites for hydroxylation is 1. The minimum atomic E-state index is -0.728. The molecule has 4 rings (SSSR count). The summed E-state index contributed by atoms with van der Waals surface area (Å²) in [6.45, 7) is 3.74. The van der Waals surface area contributed by atoms with E-state index in [2.05, 4.69) is 21.7 Å². The first-order valence-corrected chi connectivity index (χ1v) is 13.0. The SMILES string of the molecule is CC1=C(C(=O)Nc2ccc(Cl)cc2)C(c2ccccc2)C(C#N)C(SCC(=O)Nc2ccc(C)cc2)=N1. The number of thioether (sulfide) groups is 1. The molecule has 0 spiro atoms. The molecule has 8 heteroatoms. The molecule has 2 amide bonds. The molecule has 0 fully saturated rings. The van der Waals surface area contributed by atoms with E-state index < -0.39 is 11.8 Å². The van der Waals surface area contributed by atoms with E-state index in [4.69, 9.17) is 11.6 Å². The number of aliphatic imine (C=N–C) groups is 1. The van der Waals surface area contributed by atoms with Gasteiger partial charge in [0.25, 0.3) is 5.91 Å². The fourth-order valence-corrected chi connectivity index (χ4v) is 5.16. The van der Waals surface area contributed by atoms with Crippen molar-refractivity contribution in [1.82, 2.24) is 0 Å². The van der Waals surface area contributed by atoms with Gasteiger partial charge in [-0.05, 0) is 55.8 Å². The van der Waals surface area contributed by atoms with Crippen LogP contribution >= 0.6 is 23.4 Å². The lowest BCUT2D eigenvalue weighted by molar-refractivity contribution is -0.114. The average Bonchev–Trinajstić information content (AvgIpc) is 2.90. The Morgan fingerprint density at radius 3 is 2.22 bits per heavy atom. The van der Waals surface area contributed by atoms with Gasteiger partial charge in [-0.15, -0.1) is 0 Å². The molecule has 0 saturated carbocycles. The summed E-state index contributed by atoms with van der Waals surface area (Å²) in [5.41, 5.74) is 4.15. The van der Waals surface area contributed by atoms with Gasteiger partial charge >= 0.3 is 0 Å². The van der Waals surface area contributed by atoms with Crippen molar-refractivity contribution in [3.05, 3.63) is 106 Å². The third kappa shape index (κ3) is 6.48. The van der Waals surface area contributed by atoms with E-state index in [1.54, 1.807) is 31.2 Å². The monoisotopic (exact) mass is 528 g/mol. The van der Waals surface area contributed by atoms with E-state index in [1.807, 2.05) is 61.5 Å². The minimum Gasteiger partial charge on any atom is -0.325 e. The second kappa shape index (κ2) is 11.9. The maximum absolute atomic E-state index is 13.5. The first-order chi connectivity index (χ1) is 17.9. The van der Waals surface area contributed by atoms with Crippen LogP contribution in [0.25, 0.3) is 0 Å². The lowest BCUT2D eigenvalue weighted by Crippen LogP contribution is -2.31. The average molecular weight is 529 g/mol. The van der Waals surface area contributed by atoms with Crippen LogP contribution in [0.3, 0.4) is 0 Å². The molecule has 2 atom stereocenters. The number of carbonyl (C=O) groups is 2. The van der Waals surface area contributed by atoms with Crippen molar-refractivity contribution in [3.63, 3.8) is 0 Å². The summed E-state index contributed by atoms with van der Waals surface area (Å²) in [4.78, 5) is 30.7. The molecule has 0 bridgehead atoms. The highest BCUT2D eigenvalue weighted by atomic mass is 35.5. The molecule has 186 valence electrons. The summed E-state index contributed by atoms with van der Waals surface area (Å²) in [6.07, 6.45) is 0. The maximum Gasteiger partial charge on any atom is 0.254 e. The van der Waals surface area contributed by atoms with E-state index in [1.165, 1.54) is 11.8 Å². The summed E-state index contributed by atoms with van der Waals surface area (Å²) in [5, 5.41) is 17.1. The number of nitriles is 1. The fraction of sp³-hybridized carbons (Fsp3) is 0.172.